The molecule has 0 atom stereocenters. The molecular formula is C17H16BrClN3O2PS. The number of nitrogens with one attached hydrogen (secondary N) is 1. The van der Waals surface area contributed by atoms with Crippen LogP contribution in [0.4, 0.5) is 11.5 Å². The quantitative estimate of drug-likeness (QED) is 0.386. The van der Waals surface area contributed by atoms with Gasteiger partial charge in [0.05, 0.1) is 17.3 Å². The van der Waals surface area contributed by atoms with Crippen molar-refractivity contribution in [2.24, 2.45) is 0 Å². The summed E-state index contributed by atoms with van der Waals surface area (Å²) in [5.41, 5.74) is 1.71. The van der Waals surface area contributed by atoms with Crippen LogP contribution in [0.5, 0.6) is 5.06 Å². The molecule has 136 valence electrons. The molecule has 1 N–H and O–H groups in total. The first kappa shape index (κ1) is 19.4. The Morgan fingerprint density at radius 3 is 2.69 bits per heavy atom. The largest absolute Gasteiger partial charge is 0.487 e. The van der Waals surface area contributed by atoms with E-state index in [-0.39, 0.29) is 5.28 Å². The Morgan fingerprint density at radius 2 is 2.04 bits per heavy atom. The van der Waals surface area contributed by atoms with E-state index < -0.39 is 7.14 Å². The second-order valence-corrected chi connectivity index (χ2v) is 11.3. The normalized spacial score (nSPS) is 11.4. The van der Waals surface area contributed by atoms with Gasteiger partial charge in [0.25, 0.3) is 0 Å². The lowest BCUT2D eigenvalue weighted by Crippen LogP contribution is -2.11. The zero-order chi connectivity index (χ0) is 18.9. The molecule has 0 aliphatic rings. The van der Waals surface area contributed by atoms with Gasteiger partial charge in [-0.05, 0) is 70.7 Å². The highest BCUT2D eigenvalue weighted by Crippen LogP contribution is 2.41. The summed E-state index contributed by atoms with van der Waals surface area (Å²) in [6, 6.07) is 9.74. The van der Waals surface area contributed by atoms with Crippen LogP contribution in [0.3, 0.4) is 0 Å². The number of hydrogen-bond donors (Lipinski definition) is 1. The Labute approximate surface area is 169 Å². The van der Waals surface area contributed by atoms with Crippen molar-refractivity contribution < 1.29 is 9.30 Å². The Balaban J connectivity index is 2.05. The van der Waals surface area contributed by atoms with Crippen molar-refractivity contribution in [2.75, 3.05) is 25.8 Å². The number of hydrogen-bond acceptors (Lipinski definition) is 6. The Bertz CT molecular complexity index is 1010. The first-order chi connectivity index (χ1) is 12.3. The third-order valence-electron chi connectivity index (χ3n) is 3.61. The lowest BCUT2D eigenvalue weighted by atomic mass is 10.1. The van der Waals surface area contributed by atoms with E-state index in [1.165, 1.54) is 0 Å². The minimum absolute atomic E-state index is 0.135. The van der Waals surface area contributed by atoms with Crippen LogP contribution in [0.25, 0.3) is 10.4 Å². The molecule has 0 amide bonds. The summed E-state index contributed by atoms with van der Waals surface area (Å²) in [4.78, 5) is 9.15. The number of halogens is 2. The maximum atomic E-state index is 12.9. The molecule has 0 radical (unpaired) electrons. The monoisotopic (exact) mass is 471 g/mol. The van der Waals surface area contributed by atoms with Gasteiger partial charge >= 0.3 is 0 Å². The zero-order valence-corrected chi connectivity index (χ0v) is 18.3. The zero-order valence-electron chi connectivity index (χ0n) is 14.3. The number of nitrogens with zero attached hydrogens (tertiary/aromatic N) is 2. The first-order valence-corrected chi connectivity index (χ1v) is 12.2. The molecule has 3 aromatic rings. The van der Waals surface area contributed by atoms with Gasteiger partial charge in [-0.1, -0.05) is 17.4 Å². The van der Waals surface area contributed by atoms with Crippen LogP contribution in [0, 0.1) is 0 Å². The van der Waals surface area contributed by atoms with E-state index >= 15 is 0 Å². The fraction of sp³-hybridized carbons (Fsp3) is 0.176. The topological polar surface area (TPSA) is 64.1 Å². The van der Waals surface area contributed by atoms with Crippen LogP contribution >= 0.6 is 46.0 Å². The number of rotatable bonds is 5. The second kappa shape index (κ2) is 7.69. The summed E-state index contributed by atoms with van der Waals surface area (Å²) < 4.78 is 18.8. The summed E-state index contributed by atoms with van der Waals surface area (Å²) in [6.45, 7) is 3.49. The molecule has 3 rings (SSSR count). The molecule has 0 aliphatic heterocycles. The van der Waals surface area contributed by atoms with Crippen LogP contribution in [0.1, 0.15) is 0 Å². The standard InChI is InChI=1S/C17H16BrClN3O2PS/c1-24-15-7-6-14(26-15)10-4-5-12(13(8-10)25(2,3)23)21-16-11(18)9-20-17(19)22-16/h4-9H,1-3H3,(H,20,21,22). The fourth-order valence-corrected chi connectivity index (χ4v) is 4.78. The third-order valence-corrected chi connectivity index (χ3v) is 7.00. The van der Waals surface area contributed by atoms with Crippen LogP contribution in [0.15, 0.2) is 41.0 Å². The van der Waals surface area contributed by atoms with Gasteiger partial charge in [0.1, 0.15) is 13.0 Å². The Hall–Kier alpha value is -1.40. The molecule has 0 bridgehead atoms. The molecule has 26 heavy (non-hydrogen) atoms. The molecular weight excluding hydrogens is 457 g/mol. The highest BCUT2D eigenvalue weighted by Gasteiger charge is 2.19. The summed E-state index contributed by atoms with van der Waals surface area (Å²) in [6.07, 6.45) is 1.57. The lowest BCUT2D eigenvalue weighted by molar-refractivity contribution is 0.427. The van der Waals surface area contributed by atoms with Crippen LogP contribution in [-0.4, -0.2) is 30.4 Å². The van der Waals surface area contributed by atoms with Crippen molar-refractivity contribution in [2.45, 2.75) is 0 Å². The predicted molar refractivity (Wildman–Crippen MR) is 113 cm³/mol. The SMILES string of the molecule is COc1ccc(-c2ccc(Nc3nc(Cl)ncc3Br)c(P(C)(C)=O)c2)s1. The van der Waals surface area contributed by atoms with Gasteiger partial charge < -0.3 is 14.6 Å². The number of aromatic nitrogens is 2. The van der Waals surface area contributed by atoms with E-state index in [2.05, 4.69) is 31.2 Å². The van der Waals surface area contributed by atoms with Crippen molar-refractivity contribution in [3.8, 4) is 15.5 Å². The summed E-state index contributed by atoms with van der Waals surface area (Å²) >= 11 is 10.8. The average molecular weight is 473 g/mol. The molecule has 0 saturated heterocycles. The van der Waals surface area contributed by atoms with Gasteiger partial charge in [0.2, 0.25) is 5.28 Å². The number of ether oxygens (including phenoxy) is 1. The van der Waals surface area contributed by atoms with E-state index in [1.54, 1.807) is 38.0 Å². The van der Waals surface area contributed by atoms with Crippen LogP contribution < -0.4 is 15.4 Å². The van der Waals surface area contributed by atoms with Gasteiger partial charge in [0.15, 0.2) is 5.06 Å². The maximum Gasteiger partial charge on any atom is 0.224 e. The van der Waals surface area contributed by atoms with Gasteiger partial charge in [-0.15, -0.1) is 0 Å². The van der Waals surface area contributed by atoms with Crippen molar-refractivity contribution in [1.29, 1.82) is 0 Å². The van der Waals surface area contributed by atoms with E-state index in [1.807, 2.05) is 30.3 Å². The molecule has 5 nitrogen and oxygen atoms in total. The van der Waals surface area contributed by atoms with Crippen molar-refractivity contribution in [1.82, 2.24) is 9.97 Å². The van der Waals surface area contributed by atoms with Crippen molar-refractivity contribution in [3.63, 3.8) is 0 Å². The van der Waals surface area contributed by atoms with Gasteiger partial charge in [-0.2, -0.15) is 4.98 Å². The fourth-order valence-electron chi connectivity index (χ4n) is 2.38. The van der Waals surface area contributed by atoms with Crippen LogP contribution in [-0.2, 0) is 4.57 Å². The summed E-state index contributed by atoms with van der Waals surface area (Å²) in [7, 11) is -0.904. The molecule has 1 aromatic carbocycles. The van der Waals surface area contributed by atoms with E-state index in [9.17, 15) is 4.57 Å². The summed E-state index contributed by atoms with van der Waals surface area (Å²) in [5, 5.41) is 4.91. The molecule has 0 spiro atoms. The highest BCUT2D eigenvalue weighted by molar-refractivity contribution is 9.10. The number of methoxy groups -OCH3 is 1. The maximum absolute atomic E-state index is 12.9. The minimum Gasteiger partial charge on any atom is -0.487 e. The predicted octanol–water partition coefficient (Wildman–Crippen LogP) is 5.62. The smallest absolute Gasteiger partial charge is 0.224 e. The molecule has 0 saturated carbocycles. The van der Waals surface area contributed by atoms with E-state index in [4.69, 9.17) is 16.3 Å². The number of thiophene rings is 1. The van der Waals surface area contributed by atoms with Gasteiger partial charge in [0, 0.05) is 16.4 Å². The molecule has 0 aliphatic carbocycles. The molecule has 2 aromatic heterocycles. The van der Waals surface area contributed by atoms with Gasteiger partial charge in [-0.3, -0.25) is 0 Å². The number of anilines is 2. The van der Waals surface area contributed by atoms with Crippen molar-refractivity contribution in [3.05, 3.63) is 46.3 Å². The lowest BCUT2D eigenvalue weighted by Gasteiger charge is -2.17. The summed E-state index contributed by atoms with van der Waals surface area (Å²) in [5.74, 6) is 0.519. The third kappa shape index (κ3) is 4.29. The molecule has 2 heterocycles. The van der Waals surface area contributed by atoms with Crippen molar-refractivity contribution >= 4 is 62.8 Å². The van der Waals surface area contributed by atoms with E-state index in [0.717, 1.165) is 26.5 Å². The average Bonchev–Trinajstić information content (AvgIpc) is 3.06. The first-order valence-electron chi connectivity index (χ1n) is 7.57. The minimum atomic E-state index is -2.55. The molecule has 9 heteroatoms. The van der Waals surface area contributed by atoms with Gasteiger partial charge in [-0.25, -0.2) is 4.98 Å². The molecule has 0 fully saturated rings. The Kier molecular flexibility index (Phi) is 5.72. The molecule has 0 unspecified atom stereocenters. The van der Waals surface area contributed by atoms with E-state index in [0.29, 0.717) is 10.3 Å². The second-order valence-electron chi connectivity index (χ2n) is 5.87. The van der Waals surface area contributed by atoms with Crippen LogP contribution in [0.2, 0.25) is 5.28 Å². The highest BCUT2D eigenvalue weighted by atomic mass is 79.9. The Morgan fingerprint density at radius 1 is 1.27 bits per heavy atom. The number of benzene rings is 1.